The average molecular weight is 548 g/mol. The molecule has 0 saturated carbocycles. The highest BCUT2D eigenvalue weighted by Gasteiger charge is 2.33. The third-order valence-electron chi connectivity index (χ3n) is 6.54. The number of aromatic nitrogens is 1. The first kappa shape index (κ1) is 26.5. The quantitative estimate of drug-likeness (QED) is 0.291. The summed E-state index contributed by atoms with van der Waals surface area (Å²) in [6, 6.07) is 17.2. The number of hydrogen-bond donors (Lipinski definition) is 1. The van der Waals surface area contributed by atoms with Crippen LogP contribution in [0.25, 0.3) is 0 Å². The molecule has 4 aromatic rings. The number of amides is 2. The van der Waals surface area contributed by atoms with Crippen molar-refractivity contribution in [2.45, 2.75) is 32.9 Å². The van der Waals surface area contributed by atoms with Gasteiger partial charge in [0.05, 0.1) is 6.04 Å². The van der Waals surface area contributed by atoms with Crippen LogP contribution in [0.3, 0.4) is 0 Å². The topological polar surface area (TPSA) is 71.5 Å². The molecule has 2 amide bonds. The number of carbonyl (C=O) groups excluding carboxylic acids is 2. The van der Waals surface area contributed by atoms with Gasteiger partial charge in [0, 0.05) is 23.5 Å². The van der Waals surface area contributed by atoms with E-state index in [9.17, 15) is 18.4 Å². The summed E-state index contributed by atoms with van der Waals surface area (Å²) in [5.74, 6) is -0.735. The van der Waals surface area contributed by atoms with E-state index in [-0.39, 0.29) is 35.8 Å². The van der Waals surface area contributed by atoms with Crippen molar-refractivity contribution in [3.63, 3.8) is 0 Å². The monoisotopic (exact) mass is 547 g/mol. The van der Waals surface area contributed by atoms with E-state index in [4.69, 9.17) is 4.74 Å². The van der Waals surface area contributed by atoms with Gasteiger partial charge in [0.1, 0.15) is 34.7 Å². The second-order valence-corrected chi connectivity index (χ2v) is 10.6. The van der Waals surface area contributed by atoms with Crippen LogP contribution in [0.1, 0.15) is 52.1 Å². The predicted molar refractivity (Wildman–Crippen MR) is 146 cm³/mol. The summed E-state index contributed by atoms with van der Waals surface area (Å²) < 4.78 is 33.3. The molecule has 1 N–H and O–H groups in total. The number of fused-ring (bicyclic) bond motifs is 1. The summed E-state index contributed by atoms with van der Waals surface area (Å²) in [5.41, 5.74) is 3.40. The van der Waals surface area contributed by atoms with Gasteiger partial charge in [-0.15, -0.1) is 11.3 Å². The van der Waals surface area contributed by atoms with Gasteiger partial charge >= 0.3 is 0 Å². The molecule has 9 heteroatoms. The van der Waals surface area contributed by atoms with Gasteiger partial charge in [-0.25, -0.2) is 13.8 Å². The van der Waals surface area contributed by atoms with Crippen LogP contribution in [0.5, 0.6) is 5.75 Å². The van der Waals surface area contributed by atoms with Gasteiger partial charge in [-0.1, -0.05) is 32.0 Å². The average Bonchev–Trinajstić information content (AvgIpc) is 3.41. The molecule has 1 aliphatic heterocycles. The Morgan fingerprint density at radius 1 is 1.08 bits per heavy atom. The molecule has 0 radical (unpaired) electrons. The number of thiazole rings is 1. The Kier molecular flexibility index (Phi) is 7.70. The van der Waals surface area contributed by atoms with Crippen molar-refractivity contribution in [1.82, 2.24) is 9.88 Å². The molecule has 0 bridgehead atoms. The highest BCUT2D eigenvalue weighted by molar-refractivity contribution is 7.09. The number of hydrogen-bond acceptors (Lipinski definition) is 5. The molecule has 39 heavy (non-hydrogen) atoms. The maximum Gasteiger partial charge on any atom is 0.275 e. The summed E-state index contributed by atoms with van der Waals surface area (Å²) in [6.07, 6.45) is 0.693. The third kappa shape index (κ3) is 5.98. The summed E-state index contributed by atoms with van der Waals surface area (Å²) in [5, 5.41) is 4.94. The van der Waals surface area contributed by atoms with Gasteiger partial charge in [0.15, 0.2) is 0 Å². The maximum absolute atomic E-state index is 14.2. The Morgan fingerprint density at radius 3 is 2.62 bits per heavy atom. The molecule has 1 aromatic heterocycles. The lowest BCUT2D eigenvalue weighted by Gasteiger charge is -2.39. The standard InChI is InChI=1S/C30H27F2N3O3S/c1-18(2)30(37)35-13-12-19-6-11-24(15-25(19)28(35)20-4-3-5-22(32)14-20)38-16-27-34-26(17-39-27)29(36)33-23-9-7-21(31)8-10-23/h3-11,14-15,17-18,28H,12-13,16H2,1-2H3,(H,33,36)/t28-/m1/s1. The van der Waals surface area contributed by atoms with Crippen LogP contribution in [0.2, 0.25) is 0 Å². The van der Waals surface area contributed by atoms with Crippen molar-refractivity contribution in [3.8, 4) is 5.75 Å². The molecule has 0 aliphatic carbocycles. The Morgan fingerprint density at radius 2 is 1.87 bits per heavy atom. The molecule has 0 unspecified atom stereocenters. The first-order valence-electron chi connectivity index (χ1n) is 12.6. The second kappa shape index (κ2) is 11.3. The maximum atomic E-state index is 14.2. The molecule has 0 fully saturated rings. The second-order valence-electron chi connectivity index (χ2n) is 9.63. The minimum absolute atomic E-state index is 0.00969. The zero-order chi connectivity index (χ0) is 27.5. The number of benzene rings is 3. The van der Waals surface area contributed by atoms with Crippen molar-refractivity contribution in [1.29, 1.82) is 0 Å². The number of nitrogens with zero attached hydrogens (tertiary/aromatic N) is 2. The van der Waals surface area contributed by atoms with Crippen molar-refractivity contribution in [2.75, 3.05) is 11.9 Å². The predicted octanol–water partition coefficient (Wildman–Crippen LogP) is 6.38. The van der Waals surface area contributed by atoms with Gasteiger partial charge in [-0.3, -0.25) is 9.59 Å². The normalized spacial score (nSPS) is 14.7. The number of anilines is 1. The number of rotatable bonds is 7. The highest BCUT2D eigenvalue weighted by atomic mass is 32.1. The Labute approximate surface area is 229 Å². The van der Waals surface area contributed by atoms with Gasteiger partial charge < -0.3 is 15.0 Å². The van der Waals surface area contributed by atoms with Gasteiger partial charge in [-0.2, -0.15) is 0 Å². The SMILES string of the molecule is CC(C)C(=O)N1CCc2ccc(OCc3nc(C(=O)Nc4ccc(F)cc4)cs3)cc2[C@H]1c1cccc(F)c1. The van der Waals surface area contributed by atoms with Crippen molar-refractivity contribution < 1.29 is 23.1 Å². The van der Waals surface area contributed by atoms with Gasteiger partial charge in [0.25, 0.3) is 5.91 Å². The van der Waals surface area contributed by atoms with Crippen LogP contribution in [-0.4, -0.2) is 28.2 Å². The molecule has 3 aromatic carbocycles. The van der Waals surface area contributed by atoms with E-state index >= 15 is 0 Å². The Hall–Kier alpha value is -4.11. The number of halogens is 2. The summed E-state index contributed by atoms with van der Waals surface area (Å²) in [4.78, 5) is 31.8. The van der Waals surface area contributed by atoms with Crippen LogP contribution in [0, 0.1) is 17.6 Å². The summed E-state index contributed by atoms with van der Waals surface area (Å²) >= 11 is 1.29. The summed E-state index contributed by atoms with van der Waals surface area (Å²) in [7, 11) is 0. The molecule has 1 aliphatic rings. The van der Waals surface area contributed by atoms with Crippen LogP contribution in [0.15, 0.2) is 72.1 Å². The lowest BCUT2D eigenvalue weighted by molar-refractivity contribution is -0.136. The van der Waals surface area contributed by atoms with Crippen molar-refractivity contribution >= 4 is 28.8 Å². The Balaban J connectivity index is 1.34. The minimum Gasteiger partial charge on any atom is -0.486 e. The number of carbonyl (C=O) groups is 2. The van der Waals surface area contributed by atoms with Crippen molar-refractivity contribution in [3.05, 3.63) is 111 Å². The third-order valence-corrected chi connectivity index (χ3v) is 7.36. The lowest BCUT2D eigenvalue weighted by Crippen LogP contribution is -2.42. The molecule has 5 rings (SSSR count). The molecular formula is C30H27F2N3O3S. The zero-order valence-electron chi connectivity index (χ0n) is 21.5. The lowest BCUT2D eigenvalue weighted by atomic mass is 9.87. The highest BCUT2D eigenvalue weighted by Crippen LogP contribution is 2.38. The first-order chi connectivity index (χ1) is 18.8. The number of ether oxygens (including phenoxy) is 1. The van der Waals surface area contributed by atoms with Crippen molar-refractivity contribution in [2.24, 2.45) is 5.92 Å². The fraction of sp³-hybridized carbons (Fsp3) is 0.233. The molecule has 6 nitrogen and oxygen atoms in total. The van der Waals surface area contributed by atoms with E-state index < -0.39 is 11.9 Å². The fourth-order valence-electron chi connectivity index (χ4n) is 4.64. The molecule has 2 heterocycles. The molecule has 200 valence electrons. The van der Waals surface area contributed by atoms with E-state index in [1.165, 1.54) is 47.7 Å². The van der Waals surface area contributed by atoms with Crippen LogP contribution < -0.4 is 10.1 Å². The Bertz CT molecular complexity index is 1500. The van der Waals surface area contributed by atoms with E-state index in [2.05, 4.69) is 10.3 Å². The minimum atomic E-state index is -0.426. The largest absolute Gasteiger partial charge is 0.486 e. The molecule has 0 saturated heterocycles. The molecular weight excluding hydrogens is 520 g/mol. The number of nitrogens with one attached hydrogen (secondary N) is 1. The smallest absolute Gasteiger partial charge is 0.275 e. The van der Waals surface area contributed by atoms with E-state index in [1.807, 2.05) is 43.0 Å². The summed E-state index contributed by atoms with van der Waals surface area (Å²) in [6.45, 7) is 4.42. The molecule has 0 spiro atoms. The van der Waals surface area contributed by atoms with Crippen LogP contribution >= 0.6 is 11.3 Å². The first-order valence-corrected chi connectivity index (χ1v) is 13.5. The van der Waals surface area contributed by atoms with Crippen LogP contribution in [-0.2, 0) is 17.8 Å². The van der Waals surface area contributed by atoms with E-state index in [1.54, 1.807) is 11.4 Å². The fourth-order valence-corrected chi connectivity index (χ4v) is 5.33. The van der Waals surface area contributed by atoms with Crippen LogP contribution in [0.4, 0.5) is 14.5 Å². The van der Waals surface area contributed by atoms with Gasteiger partial charge in [-0.05, 0) is 71.6 Å². The van der Waals surface area contributed by atoms with Gasteiger partial charge in [0.2, 0.25) is 5.91 Å². The molecule has 1 atom stereocenters. The van der Waals surface area contributed by atoms with E-state index in [0.717, 1.165) is 11.1 Å². The zero-order valence-corrected chi connectivity index (χ0v) is 22.3. The van der Waals surface area contributed by atoms with E-state index in [0.29, 0.717) is 35.0 Å².